The Labute approximate surface area is 240 Å². The van der Waals surface area contributed by atoms with E-state index < -0.39 is 5.60 Å². The number of hydrogen-bond acceptors (Lipinski definition) is 10. The van der Waals surface area contributed by atoms with E-state index in [4.69, 9.17) is 33.2 Å². The lowest BCUT2D eigenvalue weighted by atomic mass is 9.89. The Morgan fingerprint density at radius 3 is 1.44 bits per heavy atom. The summed E-state index contributed by atoms with van der Waals surface area (Å²) in [5.41, 5.74) is 1.56. The summed E-state index contributed by atoms with van der Waals surface area (Å²) in [6.07, 6.45) is 5.19. The minimum Gasteiger partial charge on any atom is -0.467 e. The Bertz CT molecular complexity index is 1150. The van der Waals surface area contributed by atoms with E-state index >= 15 is 0 Å². The number of pyridine rings is 3. The molecule has 0 saturated carbocycles. The first-order valence-corrected chi connectivity index (χ1v) is 13.2. The summed E-state index contributed by atoms with van der Waals surface area (Å²) in [5, 5.41) is 0. The molecule has 0 saturated heterocycles. The average molecular weight is 562 g/mol. The molecule has 41 heavy (non-hydrogen) atoms. The standard InChI is InChI=1S/C31H35N3O7/c1-35-15-17-37-23-39-26-19-25(20-27(21-26)40-24-38-18-16-36-2)22-41-31(28-9-3-6-12-32-28,29-10-4-7-13-33-29)30-11-5-8-14-34-30/h3-14,19-21H,15-18,22-24H2,1-2H3. The maximum atomic E-state index is 6.80. The second kappa shape index (κ2) is 16.4. The molecule has 4 rings (SSSR count). The molecule has 0 atom stereocenters. The summed E-state index contributed by atoms with van der Waals surface area (Å²) < 4.78 is 39.5. The highest BCUT2D eigenvalue weighted by molar-refractivity contribution is 5.41. The molecule has 3 heterocycles. The SMILES string of the molecule is COCCOCOc1cc(COC(c2ccccn2)(c2ccccn2)c2ccccn2)cc(OCOCCOC)c1. The first-order valence-electron chi connectivity index (χ1n) is 13.2. The second-order valence-corrected chi connectivity index (χ2v) is 8.75. The lowest BCUT2D eigenvalue weighted by Gasteiger charge is -2.32. The number of ether oxygens (including phenoxy) is 7. The van der Waals surface area contributed by atoms with Gasteiger partial charge in [0.2, 0.25) is 0 Å². The van der Waals surface area contributed by atoms with Crippen LogP contribution in [-0.2, 0) is 35.9 Å². The van der Waals surface area contributed by atoms with Gasteiger partial charge in [-0.15, -0.1) is 0 Å². The molecule has 10 nitrogen and oxygen atoms in total. The van der Waals surface area contributed by atoms with Gasteiger partial charge in [0, 0.05) is 38.9 Å². The summed E-state index contributed by atoms with van der Waals surface area (Å²) in [6, 6.07) is 22.6. The van der Waals surface area contributed by atoms with Crippen molar-refractivity contribution in [3.63, 3.8) is 0 Å². The van der Waals surface area contributed by atoms with Crippen LogP contribution >= 0.6 is 0 Å². The lowest BCUT2D eigenvalue weighted by molar-refractivity contribution is -0.0146. The van der Waals surface area contributed by atoms with Crippen molar-refractivity contribution in [1.29, 1.82) is 0 Å². The van der Waals surface area contributed by atoms with E-state index in [1.807, 2.05) is 66.7 Å². The third-order valence-corrected chi connectivity index (χ3v) is 5.95. The van der Waals surface area contributed by atoms with Gasteiger partial charge in [-0.05, 0) is 54.1 Å². The zero-order valence-corrected chi connectivity index (χ0v) is 23.3. The highest BCUT2D eigenvalue weighted by Gasteiger charge is 2.42. The minimum atomic E-state index is -1.19. The molecule has 10 heteroatoms. The van der Waals surface area contributed by atoms with Crippen molar-refractivity contribution in [2.75, 3.05) is 54.2 Å². The number of hydrogen-bond donors (Lipinski definition) is 0. The largest absolute Gasteiger partial charge is 0.467 e. The smallest absolute Gasteiger partial charge is 0.194 e. The van der Waals surface area contributed by atoms with Crippen LogP contribution in [-0.4, -0.2) is 69.2 Å². The van der Waals surface area contributed by atoms with Gasteiger partial charge in [0.15, 0.2) is 19.2 Å². The van der Waals surface area contributed by atoms with E-state index in [0.29, 0.717) is 55.0 Å². The molecule has 0 spiro atoms. The lowest BCUT2D eigenvalue weighted by Crippen LogP contribution is -2.35. The fourth-order valence-electron chi connectivity index (χ4n) is 4.02. The molecular weight excluding hydrogens is 526 g/mol. The van der Waals surface area contributed by atoms with E-state index in [1.165, 1.54) is 0 Å². The summed E-state index contributed by atoms with van der Waals surface area (Å²) in [5.74, 6) is 1.10. The van der Waals surface area contributed by atoms with Gasteiger partial charge in [0.25, 0.3) is 0 Å². The molecule has 3 aromatic heterocycles. The molecule has 216 valence electrons. The fraction of sp³-hybridized carbons (Fsp3) is 0.323. The van der Waals surface area contributed by atoms with Crippen LogP contribution in [0.4, 0.5) is 0 Å². The quantitative estimate of drug-likeness (QED) is 0.128. The van der Waals surface area contributed by atoms with Gasteiger partial charge in [0.1, 0.15) is 11.5 Å². The predicted octanol–water partition coefficient (Wildman–Crippen LogP) is 4.38. The highest BCUT2D eigenvalue weighted by atomic mass is 16.7. The first kappa shape index (κ1) is 30.0. The summed E-state index contributed by atoms with van der Waals surface area (Å²) >= 11 is 0. The number of nitrogens with zero attached hydrogens (tertiary/aromatic N) is 3. The molecule has 0 N–H and O–H groups in total. The summed E-state index contributed by atoms with van der Waals surface area (Å²) in [4.78, 5) is 14.0. The van der Waals surface area contributed by atoms with Gasteiger partial charge in [-0.2, -0.15) is 0 Å². The molecule has 0 aliphatic rings. The summed E-state index contributed by atoms with van der Waals surface area (Å²) in [6.45, 7) is 2.04. The zero-order valence-electron chi connectivity index (χ0n) is 23.3. The Hall–Kier alpha value is -3.93. The van der Waals surface area contributed by atoms with Crippen LogP contribution in [0.15, 0.2) is 91.4 Å². The van der Waals surface area contributed by atoms with Crippen molar-refractivity contribution in [3.05, 3.63) is 114 Å². The van der Waals surface area contributed by atoms with E-state index in [-0.39, 0.29) is 20.2 Å². The van der Waals surface area contributed by atoms with E-state index in [0.717, 1.165) is 5.56 Å². The minimum absolute atomic E-state index is 0.0528. The monoisotopic (exact) mass is 561 g/mol. The van der Waals surface area contributed by atoms with E-state index in [1.54, 1.807) is 38.9 Å². The van der Waals surface area contributed by atoms with Gasteiger partial charge in [-0.25, -0.2) is 0 Å². The van der Waals surface area contributed by atoms with Crippen LogP contribution in [0.25, 0.3) is 0 Å². The first-order chi connectivity index (χ1) is 20.3. The highest BCUT2D eigenvalue weighted by Crippen LogP contribution is 2.38. The van der Waals surface area contributed by atoms with Crippen LogP contribution < -0.4 is 9.47 Å². The molecule has 0 fully saturated rings. The molecule has 0 amide bonds. The van der Waals surface area contributed by atoms with Gasteiger partial charge in [-0.1, -0.05) is 18.2 Å². The third kappa shape index (κ3) is 8.53. The Balaban J connectivity index is 1.64. The topological polar surface area (TPSA) is 103 Å². The van der Waals surface area contributed by atoms with Crippen LogP contribution in [0.3, 0.4) is 0 Å². The predicted molar refractivity (Wildman–Crippen MR) is 150 cm³/mol. The van der Waals surface area contributed by atoms with E-state index in [9.17, 15) is 0 Å². The summed E-state index contributed by atoms with van der Waals surface area (Å²) in [7, 11) is 3.24. The second-order valence-electron chi connectivity index (χ2n) is 8.75. The van der Waals surface area contributed by atoms with Crippen molar-refractivity contribution in [2.45, 2.75) is 12.2 Å². The van der Waals surface area contributed by atoms with Crippen molar-refractivity contribution in [3.8, 4) is 11.5 Å². The van der Waals surface area contributed by atoms with Crippen molar-refractivity contribution < 1.29 is 33.2 Å². The van der Waals surface area contributed by atoms with Gasteiger partial charge in [-0.3, -0.25) is 15.0 Å². The van der Waals surface area contributed by atoms with Crippen LogP contribution in [0, 0.1) is 0 Å². The normalized spacial score (nSPS) is 11.4. The van der Waals surface area contributed by atoms with Crippen LogP contribution in [0.1, 0.15) is 22.6 Å². The molecule has 0 bridgehead atoms. The molecule has 0 aliphatic carbocycles. The third-order valence-electron chi connectivity index (χ3n) is 5.95. The Morgan fingerprint density at radius 1 is 0.585 bits per heavy atom. The van der Waals surface area contributed by atoms with Crippen molar-refractivity contribution >= 4 is 0 Å². The van der Waals surface area contributed by atoms with Crippen LogP contribution in [0.2, 0.25) is 0 Å². The molecule has 0 aliphatic heterocycles. The molecule has 1 aromatic carbocycles. The number of benzene rings is 1. The molecule has 4 aromatic rings. The van der Waals surface area contributed by atoms with Crippen molar-refractivity contribution in [2.24, 2.45) is 0 Å². The van der Waals surface area contributed by atoms with E-state index in [2.05, 4.69) is 15.0 Å². The fourth-order valence-corrected chi connectivity index (χ4v) is 4.02. The Kier molecular flexibility index (Phi) is 12.0. The van der Waals surface area contributed by atoms with Gasteiger partial charge in [0.05, 0.1) is 50.1 Å². The molecule has 0 radical (unpaired) electrons. The maximum absolute atomic E-state index is 6.80. The van der Waals surface area contributed by atoms with Gasteiger partial charge >= 0.3 is 0 Å². The molecule has 0 unspecified atom stereocenters. The average Bonchev–Trinajstić information content (AvgIpc) is 3.03. The van der Waals surface area contributed by atoms with Crippen molar-refractivity contribution in [1.82, 2.24) is 15.0 Å². The van der Waals surface area contributed by atoms with Crippen LogP contribution in [0.5, 0.6) is 11.5 Å². The number of aromatic nitrogens is 3. The Morgan fingerprint density at radius 2 is 1.05 bits per heavy atom. The number of methoxy groups -OCH3 is 2. The number of rotatable bonds is 18. The maximum Gasteiger partial charge on any atom is 0.194 e. The zero-order chi connectivity index (χ0) is 28.6. The van der Waals surface area contributed by atoms with Gasteiger partial charge < -0.3 is 33.2 Å². The molecular formula is C31H35N3O7.